The highest BCUT2D eigenvalue weighted by molar-refractivity contribution is 6.76. The van der Waals surface area contributed by atoms with E-state index in [1.54, 1.807) is 21.9 Å². The molecule has 0 radical (unpaired) electrons. The summed E-state index contributed by atoms with van der Waals surface area (Å²) in [4.78, 5) is 43.5. The van der Waals surface area contributed by atoms with Gasteiger partial charge in [0, 0.05) is 71.4 Å². The van der Waals surface area contributed by atoms with Gasteiger partial charge in [0.15, 0.2) is 0 Å². The van der Waals surface area contributed by atoms with Crippen LogP contribution in [-0.2, 0) is 37.8 Å². The number of nitrogens with zero attached hydrogens (tertiary/aromatic N) is 7. The van der Waals surface area contributed by atoms with E-state index in [0.717, 1.165) is 36.2 Å². The zero-order valence-electron chi connectivity index (χ0n) is 47.7. The summed E-state index contributed by atoms with van der Waals surface area (Å²) in [5, 5.41) is 0. The predicted molar refractivity (Wildman–Crippen MR) is 300 cm³/mol. The van der Waals surface area contributed by atoms with Gasteiger partial charge < -0.3 is 33.0 Å². The number of benzene rings is 3. The summed E-state index contributed by atoms with van der Waals surface area (Å²) in [5.41, 5.74) is 3.82. The Kier molecular flexibility index (Phi) is 16.2. The number of imidazole rings is 2. The first kappa shape index (κ1) is 56.4. The predicted octanol–water partition coefficient (Wildman–Crippen LogP) is 14.8. The van der Waals surface area contributed by atoms with E-state index < -0.39 is 63.3 Å². The molecule has 13 nitrogen and oxygen atoms in total. The van der Waals surface area contributed by atoms with Crippen LogP contribution < -0.4 is 4.90 Å². The standard InChI is InChI=1S/C58H85F2N7O6Si2/c1-56(2,3)38-20-22-39(23-21-38)67-46(40-32-44-50(34-42(40)59)65(36-70-28-30-74(10,11)12)52(61-44)48-18-16-26-63(48)54(68)72-57(4,5)6)24-25-47(67)41-33-45-51(35-43(41)60)66(37-71-29-31-75(13,14)15)53(62-45)49-19-17-27-64(49)55(69)73-58(7,8)9/h20-23,32-35,46-49H,16-19,24-31,36-37H2,1-15H3/t46-,47?,48+,49-/m1/s1. The second-order valence-electron chi connectivity index (χ2n) is 26.7. The number of ether oxygens (including phenoxy) is 4. The molecule has 4 atom stereocenters. The summed E-state index contributed by atoms with van der Waals surface area (Å²) >= 11 is 0. The van der Waals surface area contributed by atoms with Gasteiger partial charge in [-0.05, 0) is 127 Å². The molecule has 2 aromatic heterocycles. The Morgan fingerprint density at radius 3 is 1.35 bits per heavy atom. The molecule has 410 valence electrons. The molecule has 3 aliphatic rings. The normalized spacial score (nSPS) is 20.1. The molecule has 0 N–H and O–H groups in total. The van der Waals surface area contributed by atoms with Crippen molar-refractivity contribution in [1.82, 2.24) is 28.9 Å². The maximum Gasteiger partial charge on any atom is 0.410 e. The first-order valence-corrected chi connectivity index (χ1v) is 34.8. The maximum atomic E-state index is 17.4. The number of hydrogen-bond donors (Lipinski definition) is 0. The second kappa shape index (κ2) is 21.5. The fourth-order valence-electron chi connectivity index (χ4n) is 10.8. The van der Waals surface area contributed by atoms with E-state index >= 15 is 8.78 Å². The maximum absolute atomic E-state index is 17.4. The highest BCUT2D eigenvalue weighted by atomic mass is 28.3. The van der Waals surface area contributed by atoms with Gasteiger partial charge in [-0.3, -0.25) is 9.80 Å². The SMILES string of the molecule is CC(C)(C)OC(=O)N1CCC[C@@H]1c1nc2cc(C3CC[C@H](c4cc5nc([C@@H]6CCCN6C(=O)OC(C)(C)C)n(COCC[Si](C)(C)C)c5cc4F)N3c3ccc(C(C)(C)C)cc3)c(F)cc2n1COCC[Si](C)(C)C. The van der Waals surface area contributed by atoms with E-state index in [1.165, 1.54) is 0 Å². The van der Waals surface area contributed by atoms with E-state index in [2.05, 4.69) is 89.2 Å². The van der Waals surface area contributed by atoms with Gasteiger partial charge in [-0.1, -0.05) is 72.2 Å². The van der Waals surface area contributed by atoms with Gasteiger partial charge in [-0.15, -0.1) is 0 Å². The van der Waals surface area contributed by atoms with E-state index in [1.807, 2.05) is 62.8 Å². The molecule has 8 rings (SSSR count). The number of likely N-dealkylation sites (tertiary alicyclic amines) is 2. The van der Waals surface area contributed by atoms with Crippen molar-refractivity contribution < 1.29 is 37.3 Å². The highest BCUT2D eigenvalue weighted by Crippen LogP contribution is 2.50. The van der Waals surface area contributed by atoms with Gasteiger partial charge in [0.05, 0.1) is 46.2 Å². The monoisotopic (exact) mass is 1070 g/mol. The first-order valence-electron chi connectivity index (χ1n) is 27.4. The van der Waals surface area contributed by atoms with Crippen molar-refractivity contribution in [3.63, 3.8) is 0 Å². The first-order chi connectivity index (χ1) is 35.0. The summed E-state index contributed by atoms with van der Waals surface area (Å²) in [7, 11) is -2.83. The van der Waals surface area contributed by atoms with E-state index in [0.29, 0.717) is 96.8 Å². The van der Waals surface area contributed by atoms with E-state index in [-0.39, 0.29) is 31.0 Å². The zero-order valence-corrected chi connectivity index (χ0v) is 49.7. The molecule has 5 aromatic rings. The molecule has 5 heterocycles. The van der Waals surface area contributed by atoms with Crippen LogP contribution in [0.5, 0.6) is 0 Å². The van der Waals surface area contributed by atoms with Crippen LogP contribution in [0, 0.1) is 11.6 Å². The number of aromatic nitrogens is 4. The van der Waals surface area contributed by atoms with Crippen LogP contribution in [0.25, 0.3) is 22.1 Å². The average Bonchev–Trinajstić information content (AvgIpc) is 4.14. The molecule has 17 heteroatoms. The van der Waals surface area contributed by atoms with Crippen LogP contribution in [-0.4, -0.2) is 94.7 Å². The Balaban J connectivity index is 1.21. The number of hydrogen-bond acceptors (Lipinski definition) is 9. The molecule has 3 fully saturated rings. The molecular formula is C58H85F2N7O6Si2. The third-order valence-electron chi connectivity index (χ3n) is 14.7. The van der Waals surface area contributed by atoms with Crippen molar-refractivity contribution in [3.05, 3.63) is 88.5 Å². The average molecular weight is 1070 g/mol. The molecule has 0 aliphatic carbocycles. The van der Waals surface area contributed by atoms with Crippen molar-refractivity contribution in [2.75, 3.05) is 31.2 Å². The van der Waals surface area contributed by atoms with Gasteiger partial charge in [-0.25, -0.2) is 28.3 Å². The molecule has 2 amide bonds. The number of carbonyl (C=O) groups excluding carboxylic acids is 2. The smallest absolute Gasteiger partial charge is 0.410 e. The van der Waals surface area contributed by atoms with E-state index in [4.69, 9.17) is 28.9 Å². The molecule has 0 spiro atoms. The van der Waals surface area contributed by atoms with Crippen LogP contribution >= 0.6 is 0 Å². The van der Waals surface area contributed by atoms with Crippen molar-refractivity contribution >= 4 is 56.1 Å². The van der Waals surface area contributed by atoms with Crippen LogP contribution in [0.3, 0.4) is 0 Å². The molecule has 3 aromatic carbocycles. The molecule has 3 saturated heterocycles. The number of fused-ring (bicyclic) bond motifs is 2. The Labute approximate surface area is 446 Å². The lowest BCUT2D eigenvalue weighted by Crippen LogP contribution is -2.37. The quantitative estimate of drug-likeness (QED) is 0.0746. The second-order valence-corrected chi connectivity index (χ2v) is 37.9. The Morgan fingerprint density at radius 2 is 0.987 bits per heavy atom. The van der Waals surface area contributed by atoms with Crippen LogP contribution in [0.2, 0.25) is 51.4 Å². The Bertz CT molecular complexity index is 2690. The minimum atomic E-state index is -1.41. The molecule has 75 heavy (non-hydrogen) atoms. The summed E-state index contributed by atoms with van der Waals surface area (Å²) in [6.07, 6.45) is 3.17. The highest BCUT2D eigenvalue weighted by Gasteiger charge is 2.42. The van der Waals surface area contributed by atoms with Crippen molar-refractivity contribution in [2.45, 2.75) is 206 Å². The molecule has 3 aliphatic heterocycles. The lowest BCUT2D eigenvalue weighted by molar-refractivity contribution is 0.0196. The summed E-state index contributed by atoms with van der Waals surface area (Å²) in [6.45, 7) is 34.0. The number of carbonyl (C=O) groups is 2. The van der Waals surface area contributed by atoms with E-state index in [9.17, 15) is 9.59 Å². The van der Waals surface area contributed by atoms with Gasteiger partial charge in [-0.2, -0.15) is 0 Å². The third kappa shape index (κ3) is 13.1. The van der Waals surface area contributed by atoms with Crippen molar-refractivity contribution in [2.24, 2.45) is 0 Å². The van der Waals surface area contributed by atoms with Gasteiger partial charge in [0.25, 0.3) is 0 Å². The molecule has 1 unspecified atom stereocenters. The number of rotatable bonds is 15. The molecular weight excluding hydrogens is 985 g/mol. The summed E-state index contributed by atoms with van der Waals surface area (Å²) in [5.74, 6) is 0.488. The molecule has 0 bridgehead atoms. The largest absolute Gasteiger partial charge is 0.444 e. The number of amides is 2. The van der Waals surface area contributed by atoms with Gasteiger partial charge in [0.2, 0.25) is 0 Å². The van der Waals surface area contributed by atoms with Crippen LogP contribution in [0.15, 0.2) is 48.5 Å². The zero-order chi connectivity index (χ0) is 54.6. The third-order valence-corrected chi connectivity index (χ3v) is 18.1. The topological polar surface area (TPSA) is 116 Å². The minimum Gasteiger partial charge on any atom is -0.444 e. The van der Waals surface area contributed by atoms with Gasteiger partial charge in [0.1, 0.15) is 47.9 Å². The van der Waals surface area contributed by atoms with Crippen LogP contribution in [0.1, 0.15) is 153 Å². The Morgan fingerprint density at radius 1 is 0.587 bits per heavy atom. The fraction of sp³-hybridized carbons (Fsp3) is 0.621. The Hall–Kier alpha value is -4.85. The van der Waals surface area contributed by atoms with Crippen molar-refractivity contribution in [3.8, 4) is 0 Å². The number of anilines is 1. The lowest BCUT2D eigenvalue weighted by Gasteiger charge is -2.34. The van der Waals surface area contributed by atoms with Crippen molar-refractivity contribution in [1.29, 1.82) is 0 Å². The summed E-state index contributed by atoms with van der Waals surface area (Å²) in [6, 6.07) is 15.4. The molecule has 0 saturated carbocycles. The van der Waals surface area contributed by atoms with Gasteiger partial charge >= 0.3 is 12.2 Å². The number of halogens is 2. The van der Waals surface area contributed by atoms with Crippen LogP contribution in [0.4, 0.5) is 24.1 Å². The minimum absolute atomic E-state index is 0.114. The fourth-order valence-corrected chi connectivity index (χ4v) is 12.3. The summed E-state index contributed by atoms with van der Waals surface area (Å²) < 4.78 is 63.2. The lowest BCUT2D eigenvalue weighted by atomic mass is 9.87.